The second-order valence-electron chi connectivity index (χ2n) is 10.2. The van der Waals surface area contributed by atoms with Crippen LogP contribution in [-0.4, -0.2) is 34.5 Å². The lowest BCUT2D eigenvalue weighted by Gasteiger charge is -2.18. The number of aromatic amines is 1. The number of H-pyrrole nitrogens is 1. The first-order valence-corrected chi connectivity index (χ1v) is 14.0. The topological polar surface area (TPSA) is 119 Å². The average molecular weight is 608 g/mol. The van der Waals surface area contributed by atoms with E-state index in [-0.39, 0.29) is 40.4 Å². The molecule has 0 aliphatic carbocycles. The van der Waals surface area contributed by atoms with Crippen molar-refractivity contribution in [3.8, 4) is 17.6 Å². The van der Waals surface area contributed by atoms with Gasteiger partial charge in [0, 0.05) is 30.0 Å². The average Bonchev–Trinajstić information content (AvgIpc) is 3.68. The molecule has 3 heterocycles. The van der Waals surface area contributed by atoms with E-state index in [1.165, 1.54) is 0 Å². The first-order chi connectivity index (χ1) is 20.8. The van der Waals surface area contributed by atoms with Crippen LogP contribution in [0.3, 0.4) is 0 Å². The monoisotopic (exact) mass is 607 g/mol. The minimum atomic E-state index is -0.448. The molecule has 2 aliphatic rings. The SMILES string of the molecule is N#Cc1cccc(Cl)c1Oc1cc(C2CC(=O)N(c3ccc4[nH]nc(N5C(=O)c6ccccc6C5=O)c4c3)C2)ccc1Cl. The number of para-hydroxylation sites is 1. The second-order valence-corrected chi connectivity index (χ2v) is 11.0. The lowest BCUT2D eigenvalue weighted by atomic mass is 9.98. The van der Waals surface area contributed by atoms with E-state index in [0.29, 0.717) is 45.0 Å². The van der Waals surface area contributed by atoms with E-state index >= 15 is 0 Å². The van der Waals surface area contributed by atoms with Gasteiger partial charge in [-0.2, -0.15) is 10.4 Å². The second kappa shape index (κ2) is 10.3. The van der Waals surface area contributed by atoms with Gasteiger partial charge in [0.2, 0.25) is 5.91 Å². The number of hydrogen-bond donors (Lipinski definition) is 1. The summed E-state index contributed by atoms with van der Waals surface area (Å²) in [4.78, 5) is 42.2. The molecule has 0 radical (unpaired) electrons. The molecule has 0 saturated carbocycles. The van der Waals surface area contributed by atoms with E-state index in [9.17, 15) is 19.6 Å². The van der Waals surface area contributed by atoms with Gasteiger partial charge in [0.05, 0.1) is 32.3 Å². The van der Waals surface area contributed by atoms with Gasteiger partial charge in [0.15, 0.2) is 11.6 Å². The van der Waals surface area contributed by atoms with Crippen molar-refractivity contribution in [2.24, 2.45) is 0 Å². The molecule has 4 aromatic carbocycles. The Kier molecular flexibility index (Phi) is 6.38. The van der Waals surface area contributed by atoms with Gasteiger partial charge in [0.1, 0.15) is 11.8 Å². The van der Waals surface area contributed by atoms with Crippen molar-refractivity contribution in [1.82, 2.24) is 10.2 Å². The first-order valence-electron chi connectivity index (χ1n) is 13.3. The van der Waals surface area contributed by atoms with Gasteiger partial charge in [-0.25, -0.2) is 4.90 Å². The number of carbonyl (C=O) groups excluding carboxylic acids is 3. The number of imide groups is 1. The van der Waals surface area contributed by atoms with E-state index in [4.69, 9.17) is 27.9 Å². The Morgan fingerprint density at radius 2 is 1.67 bits per heavy atom. The predicted molar refractivity (Wildman–Crippen MR) is 161 cm³/mol. The first kappa shape index (κ1) is 26.7. The molecule has 5 aromatic rings. The zero-order valence-electron chi connectivity index (χ0n) is 22.2. The molecular formula is C32H19Cl2N5O4. The van der Waals surface area contributed by atoms with Crippen molar-refractivity contribution < 1.29 is 19.1 Å². The quantitative estimate of drug-likeness (QED) is 0.218. The van der Waals surface area contributed by atoms with Gasteiger partial charge in [-0.15, -0.1) is 0 Å². The van der Waals surface area contributed by atoms with Gasteiger partial charge >= 0.3 is 0 Å². The molecule has 43 heavy (non-hydrogen) atoms. The van der Waals surface area contributed by atoms with Crippen LogP contribution in [0, 0.1) is 11.3 Å². The van der Waals surface area contributed by atoms with Gasteiger partial charge in [-0.3, -0.25) is 19.5 Å². The molecule has 0 spiro atoms. The molecule has 1 fully saturated rings. The Morgan fingerprint density at radius 1 is 0.907 bits per heavy atom. The van der Waals surface area contributed by atoms with E-state index in [0.717, 1.165) is 10.5 Å². The summed E-state index contributed by atoms with van der Waals surface area (Å²) < 4.78 is 5.99. The third-order valence-corrected chi connectivity index (χ3v) is 8.30. The molecule has 1 unspecified atom stereocenters. The van der Waals surface area contributed by atoms with Crippen LogP contribution >= 0.6 is 23.2 Å². The summed E-state index contributed by atoms with van der Waals surface area (Å²) in [5.74, 6) is -0.457. The summed E-state index contributed by atoms with van der Waals surface area (Å²) >= 11 is 12.7. The van der Waals surface area contributed by atoms with Gasteiger partial charge < -0.3 is 9.64 Å². The van der Waals surface area contributed by atoms with E-state index < -0.39 is 11.8 Å². The van der Waals surface area contributed by atoms with E-state index in [1.54, 1.807) is 77.7 Å². The number of hydrogen-bond acceptors (Lipinski definition) is 6. The van der Waals surface area contributed by atoms with Crippen LogP contribution in [0.1, 0.15) is 44.2 Å². The Labute approximate surface area is 254 Å². The fourth-order valence-corrected chi connectivity index (χ4v) is 5.92. The minimum Gasteiger partial charge on any atom is -0.453 e. The highest BCUT2D eigenvalue weighted by Gasteiger charge is 2.39. The molecule has 1 atom stereocenters. The maximum Gasteiger partial charge on any atom is 0.267 e. The number of benzene rings is 4. The maximum absolute atomic E-state index is 13.3. The Balaban J connectivity index is 1.17. The van der Waals surface area contributed by atoms with Crippen LogP contribution in [0.25, 0.3) is 10.9 Å². The van der Waals surface area contributed by atoms with Crippen LogP contribution in [0.15, 0.2) is 78.9 Å². The molecule has 2 aliphatic heterocycles. The summed E-state index contributed by atoms with van der Waals surface area (Å²) in [6.45, 7) is 0.376. The number of fused-ring (bicyclic) bond motifs is 2. The van der Waals surface area contributed by atoms with Crippen molar-refractivity contribution >= 4 is 63.3 Å². The zero-order chi connectivity index (χ0) is 29.8. The predicted octanol–water partition coefficient (Wildman–Crippen LogP) is 6.85. The number of nitriles is 1. The largest absolute Gasteiger partial charge is 0.453 e. The number of aromatic nitrogens is 2. The number of carbonyl (C=O) groups is 3. The molecule has 210 valence electrons. The van der Waals surface area contributed by atoms with Gasteiger partial charge in [-0.05, 0) is 60.2 Å². The number of nitrogens with one attached hydrogen (secondary N) is 1. The van der Waals surface area contributed by atoms with Crippen molar-refractivity contribution in [1.29, 1.82) is 5.26 Å². The highest BCUT2D eigenvalue weighted by Crippen LogP contribution is 2.41. The number of rotatable bonds is 5. The Hall–Kier alpha value is -5.17. The summed E-state index contributed by atoms with van der Waals surface area (Å²) in [6, 6.07) is 24.2. The number of nitrogens with zero attached hydrogens (tertiary/aromatic N) is 4. The summed E-state index contributed by atoms with van der Waals surface area (Å²) in [7, 11) is 0. The number of halogens is 2. The van der Waals surface area contributed by atoms with Crippen LogP contribution in [0.5, 0.6) is 11.5 Å². The van der Waals surface area contributed by atoms with Crippen molar-refractivity contribution in [3.63, 3.8) is 0 Å². The van der Waals surface area contributed by atoms with E-state index in [2.05, 4.69) is 16.3 Å². The zero-order valence-corrected chi connectivity index (χ0v) is 23.7. The molecule has 3 amide bonds. The lowest BCUT2D eigenvalue weighted by Crippen LogP contribution is -2.30. The van der Waals surface area contributed by atoms with Crippen LogP contribution in [0.4, 0.5) is 11.5 Å². The van der Waals surface area contributed by atoms with Gasteiger partial charge in [0.25, 0.3) is 11.8 Å². The standard InChI is InChI=1S/C32H19Cl2N5O4/c33-24-10-8-17(12-27(24)43-29-18(15-35)4-3-7-25(29)34)19-13-28(40)38(16-19)20-9-11-26-23(14-20)30(37-36-26)39-31(41)21-5-1-2-6-22(21)32(39)42/h1-12,14,19H,13,16H2,(H,36,37). The molecule has 7 rings (SSSR count). The molecule has 0 bridgehead atoms. The fourth-order valence-electron chi connectivity index (χ4n) is 5.55. The number of amides is 3. The van der Waals surface area contributed by atoms with E-state index in [1.807, 2.05) is 6.07 Å². The summed E-state index contributed by atoms with van der Waals surface area (Å²) in [5, 5.41) is 17.8. The molecular weight excluding hydrogens is 589 g/mol. The Morgan fingerprint density at radius 3 is 2.42 bits per heavy atom. The summed E-state index contributed by atoms with van der Waals surface area (Å²) in [6.07, 6.45) is 0.241. The highest BCUT2D eigenvalue weighted by atomic mass is 35.5. The minimum absolute atomic E-state index is 0.0922. The molecule has 1 N–H and O–H groups in total. The molecule has 11 heteroatoms. The van der Waals surface area contributed by atoms with Crippen molar-refractivity contribution in [2.75, 3.05) is 16.3 Å². The van der Waals surface area contributed by atoms with Gasteiger partial charge in [-0.1, -0.05) is 47.5 Å². The molecule has 1 aromatic heterocycles. The van der Waals surface area contributed by atoms with Crippen LogP contribution in [0.2, 0.25) is 10.0 Å². The highest BCUT2D eigenvalue weighted by molar-refractivity contribution is 6.35. The van der Waals surface area contributed by atoms with Crippen LogP contribution in [-0.2, 0) is 4.79 Å². The Bertz CT molecular complexity index is 2010. The third-order valence-electron chi connectivity index (χ3n) is 7.70. The smallest absolute Gasteiger partial charge is 0.267 e. The fraction of sp³-hybridized carbons (Fsp3) is 0.0938. The normalized spacial score (nSPS) is 16.2. The third kappa shape index (κ3) is 4.39. The number of anilines is 2. The molecule has 9 nitrogen and oxygen atoms in total. The van der Waals surface area contributed by atoms with Crippen LogP contribution < -0.4 is 14.5 Å². The lowest BCUT2D eigenvalue weighted by molar-refractivity contribution is -0.117. The maximum atomic E-state index is 13.3. The van der Waals surface area contributed by atoms with Crippen molar-refractivity contribution in [2.45, 2.75) is 12.3 Å². The van der Waals surface area contributed by atoms with Crippen molar-refractivity contribution in [3.05, 3.63) is 111 Å². The number of ether oxygens (including phenoxy) is 1. The molecule has 1 saturated heterocycles. The summed E-state index contributed by atoms with van der Waals surface area (Å²) in [5.41, 5.74) is 2.97.